The van der Waals surface area contributed by atoms with Gasteiger partial charge in [0.1, 0.15) is 6.04 Å². The van der Waals surface area contributed by atoms with Crippen LogP contribution in [0.25, 0.3) is 21.9 Å². The molecule has 2 heterocycles. The molecule has 0 saturated carbocycles. The highest BCUT2D eigenvalue weighted by Gasteiger charge is 2.45. The average molecular weight is 599 g/mol. The molecule has 5 rings (SSSR count). The summed E-state index contributed by atoms with van der Waals surface area (Å²) in [6.07, 6.45) is -4.59. The number of carbonyl (C=O) groups is 1. The molecule has 0 aliphatic carbocycles. The van der Waals surface area contributed by atoms with Gasteiger partial charge in [-0.05, 0) is 66.3 Å². The SMILES string of the molecule is CCc1c(Cc2cccc3ccccc23)c(-c2cccc(C(F)(F)F)c2)c2n(c1=O)C(C(=O)O)CN(C(C)C)S2(=O)=O. The van der Waals surface area contributed by atoms with Crippen molar-refractivity contribution in [3.05, 3.63) is 99.3 Å². The number of rotatable bonds is 6. The van der Waals surface area contributed by atoms with E-state index >= 15 is 0 Å². The van der Waals surface area contributed by atoms with Crippen LogP contribution in [0.3, 0.4) is 0 Å². The van der Waals surface area contributed by atoms with Gasteiger partial charge in [-0.3, -0.25) is 9.36 Å². The topological polar surface area (TPSA) is 96.7 Å². The number of halogens is 3. The molecule has 4 aromatic rings. The molecular formula is C31H29F3N2O5S. The van der Waals surface area contributed by atoms with Crippen molar-refractivity contribution in [1.82, 2.24) is 8.87 Å². The van der Waals surface area contributed by atoms with Crippen LogP contribution in [0.15, 0.2) is 76.6 Å². The molecule has 0 radical (unpaired) electrons. The maximum atomic E-state index is 14.2. The van der Waals surface area contributed by atoms with Gasteiger partial charge in [-0.2, -0.15) is 17.5 Å². The molecule has 7 nitrogen and oxygen atoms in total. The predicted octanol–water partition coefficient (Wildman–Crippen LogP) is 5.88. The van der Waals surface area contributed by atoms with Crippen LogP contribution < -0.4 is 5.56 Å². The normalized spacial score (nSPS) is 17.0. The number of carboxylic acid groups (broad SMARTS) is 1. The maximum Gasteiger partial charge on any atom is 0.416 e. The minimum atomic E-state index is -4.72. The van der Waals surface area contributed by atoms with E-state index in [2.05, 4.69) is 0 Å². The van der Waals surface area contributed by atoms with Gasteiger partial charge in [0.25, 0.3) is 15.6 Å². The molecule has 1 unspecified atom stereocenters. The highest BCUT2D eigenvalue weighted by atomic mass is 32.2. The van der Waals surface area contributed by atoms with Gasteiger partial charge in [-0.15, -0.1) is 0 Å². The molecule has 0 amide bonds. The van der Waals surface area contributed by atoms with Gasteiger partial charge in [0, 0.05) is 23.7 Å². The molecule has 220 valence electrons. The molecule has 1 aliphatic heterocycles. The Bertz CT molecular complexity index is 1870. The number of carboxylic acids is 1. The van der Waals surface area contributed by atoms with Gasteiger partial charge in [0.05, 0.1) is 5.56 Å². The van der Waals surface area contributed by atoms with E-state index in [-0.39, 0.29) is 35.1 Å². The number of alkyl halides is 3. The van der Waals surface area contributed by atoms with Crippen molar-refractivity contribution in [2.24, 2.45) is 0 Å². The largest absolute Gasteiger partial charge is 0.480 e. The van der Waals surface area contributed by atoms with Crippen molar-refractivity contribution in [2.45, 2.75) is 56.9 Å². The van der Waals surface area contributed by atoms with E-state index in [9.17, 15) is 36.3 Å². The first-order chi connectivity index (χ1) is 19.8. The second kappa shape index (κ2) is 10.7. The Morgan fingerprint density at radius 2 is 1.69 bits per heavy atom. The minimum Gasteiger partial charge on any atom is -0.480 e. The summed E-state index contributed by atoms with van der Waals surface area (Å²) in [5.74, 6) is -1.42. The van der Waals surface area contributed by atoms with E-state index in [1.807, 2.05) is 42.5 Å². The van der Waals surface area contributed by atoms with Gasteiger partial charge < -0.3 is 5.11 Å². The number of hydrogen-bond acceptors (Lipinski definition) is 4. The van der Waals surface area contributed by atoms with Gasteiger partial charge >= 0.3 is 12.1 Å². The molecule has 11 heteroatoms. The monoisotopic (exact) mass is 598 g/mol. The molecule has 1 aromatic heterocycles. The molecule has 0 bridgehead atoms. The number of fused-ring (bicyclic) bond motifs is 2. The number of benzene rings is 3. The van der Waals surface area contributed by atoms with E-state index in [4.69, 9.17) is 0 Å². The van der Waals surface area contributed by atoms with Crippen LogP contribution in [-0.4, -0.2) is 41.0 Å². The first kappa shape index (κ1) is 29.5. The molecule has 3 aromatic carbocycles. The summed E-state index contributed by atoms with van der Waals surface area (Å²) >= 11 is 0. The number of aliphatic carboxylic acids is 1. The third-order valence-corrected chi connectivity index (χ3v) is 9.81. The van der Waals surface area contributed by atoms with Crippen molar-refractivity contribution >= 4 is 26.8 Å². The van der Waals surface area contributed by atoms with Crippen LogP contribution in [0.5, 0.6) is 0 Å². The molecule has 0 saturated heterocycles. The summed E-state index contributed by atoms with van der Waals surface area (Å²) in [4.78, 5) is 26.5. The molecule has 1 N–H and O–H groups in total. The predicted molar refractivity (Wildman–Crippen MR) is 153 cm³/mol. The molecule has 0 spiro atoms. The number of aromatic nitrogens is 1. The zero-order valence-electron chi connectivity index (χ0n) is 23.1. The van der Waals surface area contributed by atoms with Crippen LogP contribution in [0, 0.1) is 0 Å². The van der Waals surface area contributed by atoms with Gasteiger partial charge in [0.15, 0.2) is 5.03 Å². The molecular weight excluding hydrogens is 569 g/mol. The van der Waals surface area contributed by atoms with Crippen molar-refractivity contribution in [1.29, 1.82) is 0 Å². The third kappa shape index (κ3) is 4.90. The lowest BCUT2D eigenvalue weighted by atomic mass is 9.89. The quantitative estimate of drug-likeness (QED) is 0.299. The lowest BCUT2D eigenvalue weighted by molar-refractivity contribution is -0.142. The summed E-state index contributed by atoms with van der Waals surface area (Å²) in [5.41, 5.74) is -0.801. The molecule has 0 fully saturated rings. The second-order valence-corrected chi connectivity index (χ2v) is 12.4. The smallest absolute Gasteiger partial charge is 0.416 e. The fourth-order valence-corrected chi connectivity index (χ4v) is 7.86. The lowest BCUT2D eigenvalue weighted by Crippen LogP contribution is -2.52. The van der Waals surface area contributed by atoms with Gasteiger partial charge in [0.2, 0.25) is 0 Å². The van der Waals surface area contributed by atoms with Crippen LogP contribution in [-0.2, 0) is 33.8 Å². The first-order valence-corrected chi connectivity index (χ1v) is 14.9. The standard InChI is InChI=1S/C31H29F3N2O5S/c1-4-23-25(16-20-11-7-10-19-9-5-6-14-24(19)20)27(21-12-8-13-22(15-21)31(32,33)34)29-36(28(23)37)26(30(38)39)17-35(18(2)3)42(29,40)41/h5-15,18,26H,4,16-17H2,1-3H3,(H,38,39). The van der Waals surface area contributed by atoms with E-state index in [0.717, 1.165) is 37.3 Å². The second-order valence-electron chi connectivity index (χ2n) is 10.6. The number of nitrogens with zero attached hydrogens (tertiary/aromatic N) is 2. The first-order valence-electron chi connectivity index (χ1n) is 13.5. The number of hydrogen-bond donors (Lipinski definition) is 1. The van der Waals surface area contributed by atoms with Crippen LogP contribution in [0.2, 0.25) is 0 Å². The van der Waals surface area contributed by atoms with Gasteiger partial charge in [-0.25, -0.2) is 13.2 Å². The van der Waals surface area contributed by atoms with E-state index in [1.54, 1.807) is 20.8 Å². The van der Waals surface area contributed by atoms with E-state index in [1.165, 1.54) is 12.1 Å². The van der Waals surface area contributed by atoms with Crippen molar-refractivity contribution in [3.8, 4) is 11.1 Å². The van der Waals surface area contributed by atoms with Crippen LogP contribution in [0.4, 0.5) is 13.2 Å². The maximum absolute atomic E-state index is 14.2. The van der Waals surface area contributed by atoms with Crippen LogP contribution >= 0.6 is 0 Å². The Balaban J connectivity index is 1.97. The summed E-state index contributed by atoms with van der Waals surface area (Å²) < 4.78 is 71.8. The Labute approximate surface area is 240 Å². The minimum absolute atomic E-state index is 0.0358. The fourth-order valence-electron chi connectivity index (χ4n) is 5.79. The van der Waals surface area contributed by atoms with E-state index in [0.29, 0.717) is 0 Å². The Hall–Kier alpha value is -3.96. The number of pyridine rings is 1. The van der Waals surface area contributed by atoms with Gasteiger partial charge in [-0.1, -0.05) is 61.5 Å². The molecule has 42 heavy (non-hydrogen) atoms. The lowest BCUT2D eigenvalue weighted by Gasteiger charge is -2.37. The van der Waals surface area contributed by atoms with Crippen LogP contribution in [0.1, 0.15) is 49.1 Å². The Morgan fingerprint density at radius 3 is 2.33 bits per heavy atom. The van der Waals surface area contributed by atoms with Crippen molar-refractivity contribution in [2.75, 3.05) is 6.54 Å². The Morgan fingerprint density at radius 1 is 1.02 bits per heavy atom. The van der Waals surface area contributed by atoms with Crippen molar-refractivity contribution in [3.63, 3.8) is 0 Å². The number of sulfonamides is 1. The molecule has 1 atom stereocenters. The summed E-state index contributed by atoms with van der Waals surface area (Å²) in [5, 5.41) is 11.3. The van der Waals surface area contributed by atoms with Crippen molar-refractivity contribution < 1.29 is 31.5 Å². The summed E-state index contributed by atoms with van der Waals surface area (Å²) in [7, 11) is -4.53. The zero-order valence-corrected chi connectivity index (χ0v) is 24.0. The highest BCUT2D eigenvalue weighted by molar-refractivity contribution is 7.89. The Kier molecular flexibility index (Phi) is 7.53. The average Bonchev–Trinajstić information content (AvgIpc) is 2.93. The summed E-state index contributed by atoms with van der Waals surface area (Å²) in [6, 6.07) is 15.0. The zero-order chi connectivity index (χ0) is 30.6. The third-order valence-electron chi connectivity index (χ3n) is 7.73. The highest BCUT2D eigenvalue weighted by Crippen LogP contribution is 2.41. The summed E-state index contributed by atoms with van der Waals surface area (Å²) in [6.45, 7) is 4.34. The fraction of sp³-hybridized carbons (Fsp3) is 0.290. The molecule has 1 aliphatic rings. The van der Waals surface area contributed by atoms with E-state index < -0.39 is 56.9 Å².